The van der Waals surface area contributed by atoms with Crippen LogP contribution in [0, 0.1) is 0 Å². The van der Waals surface area contributed by atoms with Crippen molar-refractivity contribution in [3.05, 3.63) is 58.8 Å². The number of halogens is 1. The van der Waals surface area contributed by atoms with Crippen molar-refractivity contribution in [1.29, 1.82) is 0 Å². The molecule has 5 nitrogen and oxygen atoms in total. The predicted octanol–water partition coefficient (Wildman–Crippen LogP) is 4.18. The second-order valence-electron chi connectivity index (χ2n) is 5.79. The zero-order valence-corrected chi connectivity index (χ0v) is 14.1. The van der Waals surface area contributed by atoms with Crippen molar-refractivity contribution >= 4 is 28.5 Å². The standard InChI is InChI=1S/C19H16ClNO4/c20-14-8-12(9-16-18(14)24-7-3-6-23-16)11-21-19(22)17-10-13-4-1-2-5-15(13)25-17/h1-2,4-5,8-10H,3,6-7,11H2,(H,21,22). The van der Waals surface area contributed by atoms with E-state index in [1.54, 1.807) is 12.1 Å². The number of carbonyl (C=O) groups is 1. The van der Waals surface area contributed by atoms with Gasteiger partial charge in [0.2, 0.25) is 0 Å². The SMILES string of the molecule is O=C(NCc1cc(Cl)c2c(c1)OCCCO2)c1cc2ccccc2o1. The van der Waals surface area contributed by atoms with E-state index < -0.39 is 0 Å². The van der Waals surface area contributed by atoms with E-state index in [1.165, 1.54) is 0 Å². The molecule has 0 saturated carbocycles. The molecule has 1 aliphatic rings. The summed E-state index contributed by atoms with van der Waals surface area (Å²) in [4.78, 5) is 12.3. The molecule has 0 aliphatic carbocycles. The number of ether oxygens (including phenoxy) is 2. The van der Waals surface area contributed by atoms with Gasteiger partial charge in [-0.05, 0) is 29.8 Å². The molecular weight excluding hydrogens is 342 g/mol. The number of para-hydroxylation sites is 1. The average Bonchev–Trinajstić information content (AvgIpc) is 2.91. The average molecular weight is 358 g/mol. The van der Waals surface area contributed by atoms with E-state index >= 15 is 0 Å². The van der Waals surface area contributed by atoms with E-state index in [0.717, 1.165) is 17.4 Å². The number of carbonyl (C=O) groups excluding carboxylic acids is 1. The summed E-state index contributed by atoms with van der Waals surface area (Å²) in [5.41, 5.74) is 1.52. The molecule has 1 aliphatic heterocycles. The minimum absolute atomic E-state index is 0.278. The maximum absolute atomic E-state index is 12.3. The van der Waals surface area contributed by atoms with Gasteiger partial charge in [-0.3, -0.25) is 4.79 Å². The van der Waals surface area contributed by atoms with Gasteiger partial charge in [0.15, 0.2) is 17.3 Å². The molecule has 3 aromatic rings. The molecular formula is C19H16ClNO4. The van der Waals surface area contributed by atoms with Crippen molar-refractivity contribution in [2.45, 2.75) is 13.0 Å². The van der Waals surface area contributed by atoms with Crippen LogP contribution in [0.2, 0.25) is 5.02 Å². The Balaban J connectivity index is 1.50. The van der Waals surface area contributed by atoms with Crippen molar-refractivity contribution in [2.75, 3.05) is 13.2 Å². The topological polar surface area (TPSA) is 60.7 Å². The Hall–Kier alpha value is -2.66. The minimum atomic E-state index is -0.278. The van der Waals surface area contributed by atoms with Crippen LogP contribution in [0.4, 0.5) is 0 Å². The summed E-state index contributed by atoms with van der Waals surface area (Å²) in [7, 11) is 0. The quantitative estimate of drug-likeness (QED) is 0.764. The van der Waals surface area contributed by atoms with Crippen LogP contribution in [0.1, 0.15) is 22.5 Å². The van der Waals surface area contributed by atoms with Crippen molar-refractivity contribution in [2.24, 2.45) is 0 Å². The number of rotatable bonds is 3. The molecule has 1 N–H and O–H groups in total. The zero-order valence-electron chi connectivity index (χ0n) is 13.4. The first-order chi connectivity index (χ1) is 12.2. The Morgan fingerprint density at radius 2 is 1.96 bits per heavy atom. The zero-order chi connectivity index (χ0) is 17.2. The molecule has 2 aromatic carbocycles. The molecule has 0 radical (unpaired) electrons. The third-order valence-corrected chi connectivity index (χ3v) is 4.25. The second-order valence-corrected chi connectivity index (χ2v) is 6.19. The minimum Gasteiger partial charge on any atom is -0.489 e. The lowest BCUT2D eigenvalue weighted by atomic mass is 10.2. The van der Waals surface area contributed by atoms with Gasteiger partial charge in [0.25, 0.3) is 5.91 Å². The Labute approximate surface area is 149 Å². The van der Waals surface area contributed by atoms with E-state index in [4.69, 9.17) is 25.5 Å². The number of hydrogen-bond acceptors (Lipinski definition) is 4. The van der Waals surface area contributed by atoms with Crippen molar-refractivity contribution in [3.63, 3.8) is 0 Å². The van der Waals surface area contributed by atoms with Crippen LogP contribution in [0.3, 0.4) is 0 Å². The van der Waals surface area contributed by atoms with Crippen LogP contribution >= 0.6 is 11.6 Å². The molecule has 0 spiro atoms. The number of nitrogens with one attached hydrogen (secondary N) is 1. The number of benzene rings is 2. The van der Waals surface area contributed by atoms with Crippen LogP contribution in [0.15, 0.2) is 46.9 Å². The summed E-state index contributed by atoms with van der Waals surface area (Å²) in [6.07, 6.45) is 0.809. The monoisotopic (exact) mass is 357 g/mol. The number of fused-ring (bicyclic) bond motifs is 2. The summed E-state index contributed by atoms with van der Waals surface area (Å²) in [6.45, 7) is 1.47. The molecule has 2 heterocycles. The summed E-state index contributed by atoms with van der Waals surface area (Å²) >= 11 is 6.27. The molecule has 0 fully saturated rings. The van der Waals surface area contributed by atoms with Gasteiger partial charge in [-0.1, -0.05) is 29.8 Å². The van der Waals surface area contributed by atoms with Gasteiger partial charge in [0.1, 0.15) is 5.58 Å². The molecule has 128 valence electrons. The number of furan rings is 1. The van der Waals surface area contributed by atoms with Crippen molar-refractivity contribution < 1.29 is 18.7 Å². The molecule has 0 unspecified atom stereocenters. The van der Waals surface area contributed by atoms with E-state index in [-0.39, 0.29) is 11.7 Å². The Morgan fingerprint density at radius 1 is 1.12 bits per heavy atom. The predicted molar refractivity (Wildman–Crippen MR) is 94.4 cm³/mol. The van der Waals surface area contributed by atoms with Gasteiger partial charge in [-0.2, -0.15) is 0 Å². The van der Waals surface area contributed by atoms with E-state index in [2.05, 4.69) is 5.32 Å². The highest BCUT2D eigenvalue weighted by Crippen LogP contribution is 2.38. The smallest absolute Gasteiger partial charge is 0.287 e. The Morgan fingerprint density at radius 3 is 2.84 bits per heavy atom. The molecule has 0 saturated heterocycles. The third kappa shape index (κ3) is 3.28. The summed E-state index contributed by atoms with van der Waals surface area (Å²) in [6, 6.07) is 12.8. The number of hydrogen-bond donors (Lipinski definition) is 1. The summed E-state index contributed by atoms with van der Waals surface area (Å²) < 4.78 is 16.8. The maximum atomic E-state index is 12.3. The van der Waals surface area contributed by atoms with Crippen LogP contribution in [0.25, 0.3) is 11.0 Å². The molecule has 4 rings (SSSR count). The Bertz CT molecular complexity index is 901. The highest BCUT2D eigenvalue weighted by atomic mass is 35.5. The lowest BCUT2D eigenvalue weighted by Crippen LogP contribution is -2.22. The largest absolute Gasteiger partial charge is 0.489 e. The van der Waals surface area contributed by atoms with Crippen LogP contribution in [0.5, 0.6) is 11.5 Å². The first kappa shape index (κ1) is 15.8. The molecule has 0 bridgehead atoms. The maximum Gasteiger partial charge on any atom is 0.287 e. The molecule has 0 atom stereocenters. The van der Waals surface area contributed by atoms with Gasteiger partial charge >= 0.3 is 0 Å². The van der Waals surface area contributed by atoms with E-state index in [0.29, 0.717) is 41.9 Å². The van der Waals surface area contributed by atoms with Gasteiger partial charge in [-0.25, -0.2) is 0 Å². The van der Waals surface area contributed by atoms with Crippen LogP contribution in [-0.2, 0) is 6.54 Å². The fraction of sp³-hybridized carbons (Fsp3) is 0.211. The highest BCUT2D eigenvalue weighted by molar-refractivity contribution is 6.32. The normalized spacial score (nSPS) is 13.5. The van der Waals surface area contributed by atoms with E-state index in [9.17, 15) is 4.79 Å². The molecule has 6 heteroatoms. The first-order valence-corrected chi connectivity index (χ1v) is 8.43. The summed E-state index contributed by atoms with van der Waals surface area (Å²) in [5, 5.41) is 4.21. The highest BCUT2D eigenvalue weighted by Gasteiger charge is 2.17. The Kier molecular flexibility index (Phi) is 4.24. The molecule has 1 aromatic heterocycles. The molecule has 25 heavy (non-hydrogen) atoms. The van der Waals surface area contributed by atoms with Crippen LogP contribution < -0.4 is 14.8 Å². The number of amides is 1. The van der Waals surface area contributed by atoms with E-state index in [1.807, 2.05) is 30.3 Å². The van der Waals surface area contributed by atoms with Gasteiger partial charge in [-0.15, -0.1) is 0 Å². The second kappa shape index (κ2) is 6.69. The van der Waals surface area contributed by atoms with Crippen LogP contribution in [-0.4, -0.2) is 19.1 Å². The lowest BCUT2D eigenvalue weighted by molar-refractivity contribution is 0.0925. The molecule has 1 amide bonds. The summed E-state index contributed by atoms with van der Waals surface area (Å²) in [5.74, 6) is 1.17. The van der Waals surface area contributed by atoms with Crippen molar-refractivity contribution in [1.82, 2.24) is 5.32 Å². The van der Waals surface area contributed by atoms with Gasteiger partial charge in [0, 0.05) is 18.4 Å². The first-order valence-electron chi connectivity index (χ1n) is 8.05. The van der Waals surface area contributed by atoms with Gasteiger partial charge in [0.05, 0.1) is 18.2 Å². The fourth-order valence-electron chi connectivity index (χ4n) is 2.75. The fourth-order valence-corrected chi connectivity index (χ4v) is 3.04. The lowest BCUT2D eigenvalue weighted by Gasteiger charge is -2.12. The van der Waals surface area contributed by atoms with Crippen molar-refractivity contribution in [3.8, 4) is 11.5 Å². The third-order valence-electron chi connectivity index (χ3n) is 3.96. The van der Waals surface area contributed by atoms with Gasteiger partial charge < -0.3 is 19.2 Å².